The summed E-state index contributed by atoms with van der Waals surface area (Å²) < 4.78 is 0. The Hall–Kier alpha value is -1.38. The second-order valence-electron chi connectivity index (χ2n) is 4.76. The number of fused-ring (bicyclic) bond motifs is 1. The van der Waals surface area contributed by atoms with Crippen molar-refractivity contribution >= 4 is 11.7 Å². The molecule has 0 radical (unpaired) electrons. The van der Waals surface area contributed by atoms with Crippen molar-refractivity contribution in [3.8, 4) is 0 Å². The number of amides is 2. The third-order valence-electron chi connectivity index (χ3n) is 2.55. The highest BCUT2D eigenvalue weighted by Gasteiger charge is 2.27. The van der Waals surface area contributed by atoms with E-state index in [1.54, 1.807) is 0 Å². The molecule has 74 valence electrons. The van der Waals surface area contributed by atoms with Crippen LogP contribution in [-0.2, 0) is 0 Å². The van der Waals surface area contributed by atoms with Gasteiger partial charge < -0.3 is 5.32 Å². The lowest BCUT2D eigenvalue weighted by Crippen LogP contribution is -2.23. The third kappa shape index (κ3) is 1.50. The zero-order valence-corrected chi connectivity index (χ0v) is 8.66. The minimum atomic E-state index is -0.259. The molecule has 0 aromatic rings. The highest BCUT2D eigenvalue weighted by atomic mass is 16.2. The highest BCUT2D eigenvalue weighted by molar-refractivity contribution is 6.18. The number of allylic oxidation sites excluding steroid dienone is 3. The molecule has 1 unspecified atom stereocenters. The molecular formula is C11H14N2O. The van der Waals surface area contributed by atoms with Crippen molar-refractivity contribution in [1.29, 1.82) is 0 Å². The van der Waals surface area contributed by atoms with Gasteiger partial charge in [0.2, 0.25) is 0 Å². The molecule has 0 spiro atoms. The van der Waals surface area contributed by atoms with Gasteiger partial charge in [0.1, 0.15) is 0 Å². The average Bonchev–Trinajstić information content (AvgIpc) is 2.41. The fourth-order valence-electron chi connectivity index (χ4n) is 1.60. The summed E-state index contributed by atoms with van der Waals surface area (Å²) in [6.07, 6.45) is 6.09. The van der Waals surface area contributed by atoms with Gasteiger partial charge in [-0.2, -0.15) is 4.99 Å². The first-order chi connectivity index (χ1) is 6.47. The van der Waals surface area contributed by atoms with Crippen molar-refractivity contribution in [3.63, 3.8) is 0 Å². The van der Waals surface area contributed by atoms with Crippen LogP contribution in [0, 0.1) is 11.3 Å². The monoisotopic (exact) mass is 190 g/mol. The molecule has 2 amide bonds. The van der Waals surface area contributed by atoms with E-state index in [9.17, 15) is 4.79 Å². The molecule has 3 heteroatoms. The van der Waals surface area contributed by atoms with Crippen molar-refractivity contribution in [2.24, 2.45) is 16.3 Å². The van der Waals surface area contributed by atoms with E-state index in [2.05, 4.69) is 43.2 Å². The van der Waals surface area contributed by atoms with E-state index in [4.69, 9.17) is 0 Å². The number of nitrogens with zero attached hydrogens (tertiary/aromatic N) is 1. The molecule has 0 bridgehead atoms. The fraction of sp³-hybridized carbons (Fsp3) is 0.455. The summed E-state index contributed by atoms with van der Waals surface area (Å²) in [5.74, 6) is 0.356. The second kappa shape index (κ2) is 2.80. The van der Waals surface area contributed by atoms with E-state index in [1.807, 2.05) is 6.08 Å². The molecule has 0 aromatic heterocycles. The summed E-state index contributed by atoms with van der Waals surface area (Å²) >= 11 is 0. The first-order valence-electron chi connectivity index (χ1n) is 4.77. The number of rotatable bonds is 0. The Morgan fingerprint density at radius 3 is 2.79 bits per heavy atom. The molecule has 3 nitrogen and oxygen atoms in total. The van der Waals surface area contributed by atoms with E-state index >= 15 is 0 Å². The number of urea groups is 1. The Kier molecular flexibility index (Phi) is 1.84. The van der Waals surface area contributed by atoms with Gasteiger partial charge in [-0.05, 0) is 11.5 Å². The van der Waals surface area contributed by atoms with Gasteiger partial charge in [0, 0.05) is 5.92 Å². The van der Waals surface area contributed by atoms with Crippen LogP contribution in [0.5, 0.6) is 0 Å². The van der Waals surface area contributed by atoms with E-state index < -0.39 is 0 Å². The summed E-state index contributed by atoms with van der Waals surface area (Å²) in [6, 6.07) is -0.259. The van der Waals surface area contributed by atoms with Gasteiger partial charge >= 0.3 is 6.03 Å². The highest BCUT2D eigenvalue weighted by Crippen LogP contribution is 2.31. The van der Waals surface area contributed by atoms with Crippen LogP contribution in [0.3, 0.4) is 0 Å². The number of carbonyl (C=O) groups is 1. The molecule has 1 aliphatic carbocycles. The minimum Gasteiger partial charge on any atom is -0.304 e. The van der Waals surface area contributed by atoms with Gasteiger partial charge in [0.15, 0.2) is 0 Å². The normalized spacial score (nSPS) is 25.4. The molecule has 14 heavy (non-hydrogen) atoms. The van der Waals surface area contributed by atoms with Crippen LogP contribution in [0.4, 0.5) is 4.79 Å². The zero-order chi connectivity index (χ0) is 10.3. The lowest BCUT2D eigenvalue weighted by Gasteiger charge is -2.27. The van der Waals surface area contributed by atoms with Gasteiger partial charge in [-0.1, -0.05) is 32.9 Å². The molecule has 0 saturated carbocycles. The van der Waals surface area contributed by atoms with Crippen LogP contribution in [-0.4, -0.2) is 11.7 Å². The van der Waals surface area contributed by atoms with Gasteiger partial charge in [-0.3, -0.25) is 0 Å². The van der Waals surface area contributed by atoms with E-state index in [0.717, 1.165) is 11.4 Å². The smallest absolute Gasteiger partial charge is 0.304 e. The standard InChI is InChI=1S/C11H14N2O/c1-11(2,3)7-4-5-8-9(6-7)13-10(14)12-8/h4-7H,1-3H3,(H,13,14). The summed E-state index contributed by atoms with van der Waals surface area (Å²) in [7, 11) is 0. The molecule has 0 aromatic carbocycles. The van der Waals surface area contributed by atoms with Crippen LogP contribution in [0.25, 0.3) is 0 Å². The van der Waals surface area contributed by atoms with E-state index in [0.29, 0.717) is 5.92 Å². The van der Waals surface area contributed by atoms with Crippen molar-refractivity contribution in [1.82, 2.24) is 5.32 Å². The molecule has 2 rings (SSSR count). The van der Waals surface area contributed by atoms with Crippen LogP contribution >= 0.6 is 0 Å². The SMILES string of the molecule is CC(C)(C)C1C=CC2=NC(=O)NC2=C1. The molecule has 2 aliphatic rings. The summed E-state index contributed by atoms with van der Waals surface area (Å²) in [4.78, 5) is 14.8. The summed E-state index contributed by atoms with van der Waals surface area (Å²) in [5, 5.41) is 2.73. The molecule has 0 fully saturated rings. The average molecular weight is 190 g/mol. The van der Waals surface area contributed by atoms with Crippen LogP contribution in [0.2, 0.25) is 0 Å². The maximum atomic E-state index is 11.0. The number of nitrogens with one attached hydrogen (secondary N) is 1. The van der Waals surface area contributed by atoms with Gasteiger partial charge in [0.25, 0.3) is 0 Å². The Bertz CT molecular complexity index is 369. The lowest BCUT2D eigenvalue weighted by molar-refractivity contribution is 0.253. The maximum Gasteiger partial charge on any atom is 0.346 e. The van der Waals surface area contributed by atoms with E-state index in [1.165, 1.54) is 0 Å². The van der Waals surface area contributed by atoms with Crippen LogP contribution in [0.1, 0.15) is 20.8 Å². The summed E-state index contributed by atoms with van der Waals surface area (Å²) in [6.45, 7) is 6.54. The van der Waals surface area contributed by atoms with Crippen LogP contribution < -0.4 is 5.32 Å². The topological polar surface area (TPSA) is 41.5 Å². The number of carbonyl (C=O) groups excluding carboxylic acids is 1. The Morgan fingerprint density at radius 1 is 1.43 bits per heavy atom. The number of hydrogen-bond donors (Lipinski definition) is 1. The lowest BCUT2D eigenvalue weighted by atomic mass is 9.78. The molecule has 1 heterocycles. The molecule has 1 N–H and O–H groups in total. The third-order valence-corrected chi connectivity index (χ3v) is 2.55. The second-order valence-corrected chi connectivity index (χ2v) is 4.76. The number of aliphatic imine (C=N–C) groups is 1. The maximum absolute atomic E-state index is 11.0. The fourth-order valence-corrected chi connectivity index (χ4v) is 1.60. The zero-order valence-electron chi connectivity index (χ0n) is 8.66. The van der Waals surface area contributed by atoms with E-state index in [-0.39, 0.29) is 11.4 Å². The van der Waals surface area contributed by atoms with Crippen molar-refractivity contribution in [3.05, 3.63) is 23.9 Å². The Balaban J connectivity index is 2.30. The predicted molar refractivity (Wildman–Crippen MR) is 56.1 cm³/mol. The number of hydrogen-bond acceptors (Lipinski definition) is 1. The molecule has 1 aliphatic heterocycles. The Labute approximate surface area is 83.6 Å². The van der Waals surface area contributed by atoms with Crippen molar-refractivity contribution in [2.45, 2.75) is 20.8 Å². The van der Waals surface area contributed by atoms with Gasteiger partial charge in [-0.25, -0.2) is 4.79 Å². The van der Waals surface area contributed by atoms with Crippen LogP contribution in [0.15, 0.2) is 28.9 Å². The molecular weight excluding hydrogens is 176 g/mol. The van der Waals surface area contributed by atoms with Gasteiger partial charge in [0.05, 0.1) is 11.4 Å². The Morgan fingerprint density at radius 2 is 2.14 bits per heavy atom. The van der Waals surface area contributed by atoms with Gasteiger partial charge in [-0.15, -0.1) is 0 Å². The predicted octanol–water partition coefficient (Wildman–Crippen LogP) is 2.27. The molecule has 1 atom stereocenters. The van der Waals surface area contributed by atoms with Crippen molar-refractivity contribution in [2.75, 3.05) is 0 Å². The minimum absolute atomic E-state index is 0.183. The molecule has 0 saturated heterocycles. The largest absolute Gasteiger partial charge is 0.346 e. The summed E-state index contributed by atoms with van der Waals surface area (Å²) in [5.41, 5.74) is 1.80. The first kappa shape index (κ1) is 9.19. The van der Waals surface area contributed by atoms with Crippen molar-refractivity contribution < 1.29 is 4.79 Å². The quantitative estimate of drug-likeness (QED) is 0.625. The first-order valence-corrected chi connectivity index (χ1v) is 4.77.